The Bertz CT molecular complexity index is 686. The molecule has 1 unspecified atom stereocenters. The Labute approximate surface area is 164 Å². The van der Waals surface area contributed by atoms with Gasteiger partial charge < -0.3 is 20.9 Å². The maximum absolute atomic E-state index is 12.4. The summed E-state index contributed by atoms with van der Waals surface area (Å²) in [7, 11) is 1.58. The zero-order valence-electron chi connectivity index (χ0n) is 15.4. The Morgan fingerprint density at radius 1 is 1.38 bits per heavy atom. The predicted molar refractivity (Wildman–Crippen MR) is 107 cm³/mol. The van der Waals surface area contributed by atoms with Crippen LogP contribution in [0.15, 0.2) is 18.2 Å². The van der Waals surface area contributed by atoms with Gasteiger partial charge in [-0.2, -0.15) is 12.6 Å². The number of carbonyl (C=O) groups is 3. The Kier molecular flexibility index (Phi) is 8.39. The minimum absolute atomic E-state index is 0.167. The van der Waals surface area contributed by atoms with Crippen LogP contribution in [-0.2, 0) is 14.4 Å². The Morgan fingerprint density at radius 2 is 2.04 bits per heavy atom. The van der Waals surface area contributed by atoms with Crippen LogP contribution < -0.4 is 16.0 Å². The van der Waals surface area contributed by atoms with E-state index in [1.54, 1.807) is 38.4 Å². The molecule has 2 rings (SSSR count). The van der Waals surface area contributed by atoms with Gasteiger partial charge in [0.05, 0.1) is 13.1 Å². The summed E-state index contributed by atoms with van der Waals surface area (Å²) < 4.78 is 0. The Hall–Kier alpha value is -1.77. The fraction of sp³-hybridized carbons (Fsp3) is 0.471. The summed E-state index contributed by atoms with van der Waals surface area (Å²) >= 11 is 9.40. The number of aryl methyl sites for hydroxylation is 1. The number of benzene rings is 1. The molecule has 144 valence electrons. The second-order valence-corrected chi connectivity index (χ2v) is 6.46. The number of rotatable bonds is 4. The number of nitrogens with zero attached hydrogens (tertiary/aromatic N) is 1. The summed E-state index contributed by atoms with van der Waals surface area (Å²) in [5.41, 5.74) is 0.443. The number of halogens is 1. The van der Waals surface area contributed by atoms with E-state index in [0.29, 0.717) is 17.3 Å². The molecular weight excluding hydrogens is 376 g/mol. The van der Waals surface area contributed by atoms with Crippen molar-refractivity contribution >= 4 is 47.6 Å². The summed E-state index contributed by atoms with van der Waals surface area (Å²) in [5, 5.41) is 8.80. The van der Waals surface area contributed by atoms with Gasteiger partial charge in [-0.15, -0.1) is 0 Å². The van der Waals surface area contributed by atoms with Crippen molar-refractivity contribution in [3.05, 3.63) is 28.8 Å². The first-order chi connectivity index (χ1) is 12.2. The van der Waals surface area contributed by atoms with Crippen molar-refractivity contribution in [2.24, 2.45) is 0 Å². The van der Waals surface area contributed by atoms with Crippen molar-refractivity contribution in [3.8, 4) is 0 Å². The van der Waals surface area contributed by atoms with E-state index < -0.39 is 5.54 Å². The van der Waals surface area contributed by atoms with E-state index >= 15 is 0 Å². The standard InChI is InChI=1S/C16H21ClN4O3.CH4S/c1-10-6-11(17)4-5-12(10)20-13(22)7-19-15(24)16(2)9-18-8-14(23)21(16)3;1-2/h4-6,18H,7-9H2,1-3H3,(H,19,24)(H,20,22);2H,1H3. The molecule has 1 aliphatic rings. The van der Waals surface area contributed by atoms with E-state index in [9.17, 15) is 14.4 Å². The highest BCUT2D eigenvalue weighted by Gasteiger charge is 2.42. The summed E-state index contributed by atoms with van der Waals surface area (Å²) in [6.07, 6.45) is 1.69. The lowest BCUT2D eigenvalue weighted by molar-refractivity contribution is -0.147. The van der Waals surface area contributed by atoms with Crippen molar-refractivity contribution in [1.29, 1.82) is 0 Å². The molecule has 0 aliphatic carbocycles. The zero-order valence-corrected chi connectivity index (χ0v) is 17.0. The van der Waals surface area contributed by atoms with Crippen molar-refractivity contribution in [2.45, 2.75) is 19.4 Å². The molecule has 0 aromatic heterocycles. The normalized spacial score (nSPS) is 19.3. The maximum Gasteiger partial charge on any atom is 0.247 e. The fourth-order valence-electron chi connectivity index (χ4n) is 2.47. The third-order valence-corrected chi connectivity index (χ3v) is 4.46. The van der Waals surface area contributed by atoms with Gasteiger partial charge in [0.2, 0.25) is 17.7 Å². The molecule has 7 nitrogen and oxygen atoms in total. The summed E-state index contributed by atoms with van der Waals surface area (Å²) in [4.78, 5) is 37.6. The van der Waals surface area contributed by atoms with E-state index in [1.807, 2.05) is 6.92 Å². The van der Waals surface area contributed by atoms with Crippen LogP contribution in [0.3, 0.4) is 0 Å². The lowest BCUT2D eigenvalue weighted by Crippen LogP contribution is -2.67. The van der Waals surface area contributed by atoms with Gasteiger partial charge in [0.15, 0.2) is 0 Å². The molecule has 0 spiro atoms. The molecule has 1 aromatic rings. The van der Waals surface area contributed by atoms with E-state index in [2.05, 4.69) is 28.6 Å². The number of hydrogen-bond donors (Lipinski definition) is 4. The number of likely N-dealkylation sites (N-methyl/N-ethyl adjacent to an activating group) is 1. The van der Waals surface area contributed by atoms with Crippen molar-refractivity contribution in [1.82, 2.24) is 15.5 Å². The largest absolute Gasteiger partial charge is 0.345 e. The predicted octanol–water partition coefficient (Wildman–Crippen LogP) is 1.07. The summed E-state index contributed by atoms with van der Waals surface area (Å²) in [6, 6.07) is 5.12. The van der Waals surface area contributed by atoms with Crippen LogP contribution in [0, 0.1) is 6.92 Å². The minimum atomic E-state index is -1.02. The van der Waals surface area contributed by atoms with Gasteiger partial charge in [-0.1, -0.05) is 11.6 Å². The highest BCUT2D eigenvalue weighted by atomic mass is 35.5. The molecule has 1 heterocycles. The quantitative estimate of drug-likeness (QED) is 0.569. The molecule has 1 aliphatic heterocycles. The van der Waals surface area contributed by atoms with Crippen molar-refractivity contribution in [3.63, 3.8) is 0 Å². The number of anilines is 1. The Balaban J connectivity index is 0.00000163. The molecule has 0 radical (unpaired) electrons. The molecule has 3 N–H and O–H groups in total. The van der Waals surface area contributed by atoms with E-state index in [4.69, 9.17) is 11.6 Å². The van der Waals surface area contributed by atoms with Crippen LogP contribution in [0.25, 0.3) is 0 Å². The highest BCUT2D eigenvalue weighted by Crippen LogP contribution is 2.19. The number of amides is 3. The van der Waals surface area contributed by atoms with Gasteiger partial charge in [-0.3, -0.25) is 14.4 Å². The lowest BCUT2D eigenvalue weighted by Gasteiger charge is -2.41. The summed E-state index contributed by atoms with van der Waals surface area (Å²) in [5.74, 6) is -0.899. The molecule has 1 fully saturated rings. The van der Waals surface area contributed by atoms with Crippen LogP contribution in [0.1, 0.15) is 12.5 Å². The number of nitrogens with one attached hydrogen (secondary N) is 3. The van der Waals surface area contributed by atoms with Gasteiger partial charge >= 0.3 is 0 Å². The number of thiol groups is 1. The third-order valence-electron chi connectivity index (χ3n) is 4.22. The van der Waals surface area contributed by atoms with Crippen molar-refractivity contribution in [2.75, 3.05) is 38.3 Å². The molecule has 26 heavy (non-hydrogen) atoms. The lowest BCUT2D eigenvalue weighted by atomic mass is 9.96. The minimum Gasteiger partial charge on any atom is -0.345 e. The molecule has 0 saturated carbocycles. The topological polar surface area (TPSA) is 90.5 Å². The van der Waals surface area contributed by atoms with Crippen LogP contribution in [-0.4, -0.2) is 61.1 Å². The number of piperazine rings is 1. The van der Waals surface area contributed by atoms with Crippen LogP contribution in [0.4, 0.5) is 5.69 Å². The van der Waals surface area contributed by atoms with Gasteiger partial charge in [-0.25, -0.2) is 0 Å². The fourth-order valence-corrected chi connectivity index (χ4v) is 2.70. The molecule has 0 bridgehead atoms. The first-order valence-corrected chi connectivity index (χ1v) is 9.27. The van der Waals surface area contributed by atoms with Crippen LogP contribution >= 0.6 is 24.2 Å². The maximum atomic E-state index is 12.4. The number of carbonyl (C=O) groups excluding carboxylic acids is 3. The average molecular weight is 401 g/mol. The molecule has 3 amide bonds. The van der Waals surface area contributed by atoms with Gasteiger partial charge in [0.25, 0.3) is 0 Å². The average Bonchev–Trinajstić information content (AvgIpc) is 2.61. The highest BCUT2D eigenvalue weighted by molar-refractivity contribution is 7.79. The molecule has 1 atom stereocenters. The van der Waals surface area contributed by atoms with Gasteiger partial charge in [-0.05, 0) is 43.9 Å². The molecule has 1 saturated heterocycles. The van der Waals surface area contributed by atoms with Gasteiger partial charge in [0.1, 0.15) is 5.54 Å². The van der Waals surface area contributed by atoms with Gasteiger partial charge in [0, 0.05) is 24.3 Å². The second-order valence-electron chi connectivity index (χ2n) is 6.02. The summed E-state index contributed by atoms with van der Waals surface area (Å²) in [6.45, 7) is 3.84. The zero-order chi connectivity index (χ0) is 19.9. The smallest absolute Gasteiger partial charge is 0.247 e. The molecule has 9 heteroatoms. The SMILES string of the molecule is CS.Cc1cc(Cl)ccc1NC(=O)CNC(=O)C1(C)CNCC(=O)N1C. The van der Waals surface area contributed by atoms with Crippen LogP contribution in [0.5, 0.6) is 0 Å². The Morgan fingerprint density at radius 3 is 2.65 bits per heavy atom. The van der Waals surface area contributed by atoms with E-state index in [-0.39, 0.29) is 30.8 Å². The monoisotopic (exact) mass is 400 g/mol. The van der Waals surface area contributed by atoms with Crippen LogP contribution in [0.2, 0.25) is 5.02 Å². The second kappa shape index (κ2) is 9.80. The first kappa shape index (κ1) is 22.3. The van der Waals surface area contributed by atoms with E-state index in [0.717, 1.165) is 5.56 Å². The molecular formula is C17H25ClN4O3S. The van der Waals surface area contributed by atoms with Crippen molar-refractivity contribution < 1.29 is 14.4 Å². The third kappa shape index (κ3) is 5.36. The first-order valence-electron chi connectivity index (χ1n) is 8.00. The molecule has 1 aromatic carbocycles. The van der Waals surface area contributed by atoms with E-state index in [1.165, 1.54) is 4.90 Å². The number of hydrogen-bond acceptors (Lipinski definition) is 5.